The molecule has 0 amide bonds. The third kappa shape index (κ3) is 5.27. The molecule has 0 aliphatic heterocycles. The zero-order valence-electron chi connectivity index (χ0n) is 27.7. The predicted octanol–water partition coefficient (Wildman–Crippen LogP) is 14.0. The lowest BCUT2D eigenvalue weighted by atomic mass is 9.80. The molecular weight excluding hydrogens is 591 g/mol. The van der Waals surface area contributed by atoms with Crippen molar-refractivity contribution >= 4 is 49.4 Å². The maximum atomic E-state index is 2.52. The van der Waals surface area contributed by atoms with Crippen molar-refractivity contribution in [1.29, 1.82) is 0 Å². The largest absolute Gasteiger partial charge is 0.309 e. The van der Waals surface area contributed by atoms with Crippen molar-refractivity contribution in [2.75, 3.05) is 4.90 Å². The Kier molecular flexibility index (Phi) is 7.67. The van der Waals surface area contributed by atoms with Crippen LogP contribution in [0.5, 0.6) is 0 Å². The highest BCUT2D eigenvalue weighted by molar-refractivity contribution is 6.08. The highest BCUT2D eigenvalue weighted by Crippen LogP contribution is 2.49. The Labute approximate surface area is 289 Å². The molecule has 1 nitrogen and oxygen atoms in total. The first kappa shape index (κ1) is 29.5. The normalized spacial score (nSPS) is 13.6. The molecule has 0 aromatic heterocycles. The Bertz CT molecular complexity index is 2430. The van der Waals surface area contributed by atoms with Gasteiger partial charge in [0.2, 0.25) is 0 Å². The number of hydrogen-bond acceptors (Lipinski definition) is 1. The second-order valence-electron chi connectivity index (χ2n) is 13.5. The van der Waals surface area contributed by atoms with Crippen molar-refractivity contribution in [2.45, 2.75) is 38.0 Å². The van der Waals surface area contributed by atoms with Crippen LogP contribution in [0.25, 0.3) is 54.6 Å². The molecule has 0 atom stereocenters. The molecule has 0 heterocycles. The smallest absolute Gasteiger partial charge is 0.0540 e. The summed E-state index contributed by atoms with van der Waals surface area (Å²) in [4.78, 5) is 2.52. The molecule has 0 unspecified atom stereocenters. The van der Waals surface area contributed by atoms with E-state index < -0.39 is 0 Å². The Morgan fingerprint density at radius 1 is 0.347 bits per heavy atom. The monoisotopic (exact) mass is 629 g/mol. The average Bonchev–Trinajstić information content (AvgIpc) is 3.18. The van der Waals surface area contributed by atoms with Crippen molar-refractivity contribution in [3.8, 4) is 22.3 Å². The van der Waals surface area contributed by atoms with Crippen LogP contribution < -0.4 is 4.90 Å². The number of nitrogens with zero attached hydrogens (tertiary/aromatic N) is 1. The topological polar surface area (TPSA) is 3.24 Å². The van der Waals surface area contributed by atoms with Gasteiger partial charge in [0.15, 0.2) is 0 Å². The van der Waals surface area contributed by atoms with E-state index in [1.54, 1.807) is 0 Å². The SMILES string of the molecule is c1ccc(N(c2ccccc2-c2cccc3cccc(C4CCCCC4)c23)c2cccc3ccccc23)c(-c2cccc3ccccc23)c1. The summed E-state index contributed by atoms with van der Waals surface area (Å²) in [6, 6.07) is 62.8. The van der Waals surface area contributed by atoms with Crippen molar-refractivity contribution in [3.63, 3.8) is 0 Å². The summed E-state index contributed by atoms with van der Waals surface area (Å²) in [5, 5.41) is 7.70. The van der Waals surface area contributed by atoms with Gasteiger partial charge in [-0.05, 0) is 80.6 Å². The first-order valence-electron chi connectivity index (χ1n) is 17.8. The number of para-hydroxylation sites is 2. The molecule has 0 saturated heterocycles. The molecule has 1 fully saturated rings. The lowest BCUT2D eigenvalue weighted by Gasteiger charge is -2.31. The zero-order valence-corrected chi connectivity index (χ0v) is 27.7. The van der Waals surface area contributed by atoms with Gasteiger partial charge in [0.25, 0.3) is 0 Å². The van der Waals surface area contributed by atoms with E-state index in [9.17, 15) is 0 Å². The van der Waals surface area contributed by atoms with Crippen LogP contribution in [0.1, 0.15) is 43.6 Å². The van der Waals surface area contributed by atoms with Gasteiger partial charge >= 0.3 is 0 Å². The van der Waals surface area contributed by atoms with Gasteiger partial charge in [-0.1, -0.05) is 171 Å². The van der Waals surface area contributed by atoms with Crippen LogP contribution >= 0.6 is 0 Å². The van der Waals surface area contributed by atoms with E-state index in [0.29, 0.717) is 5.92 Å². The number of hydrogen-bond donors (Lipinski definition) is 0. The fourth-order valence-corrected chi connectivity index (χ4v) is 8.39. The minimum Gasteiger partial charge on any atom is -0.309 e. The van der Waals surface area contributed by atoms with Gasteiger partial charge in [0, 0.05) is 16.5 Å². The Balaban J connectivity index is 1.34. The summed E-state index contributed by atoms with van der Waals surface area (Å²) in [5.74, 6) is 0.604. The van der Waals surface area contributed by atoms with Crippen LogP contribution in [0.15, 0.2) is 170 Å². The van der Waals surface area contributed by atoms with E-state index >= 15 is 0 Å². The Morgan fingerprint density at radius 2 is 0.816 bits per heavy atom. The summed E-state index contributed by atoms with van der Waals surface area (Å²) >= 11 is 0. The van der Waals surface area contributed by atoms with Gasteiger partial charge in [-0.25, -0.2) is 0 Å². The first-order valence-corrected chi connectivity index (χ1v) is 17.8. The summed E-state index contributed by atoms with van der Waals surface area (Å²) in [6.07, 6.45) is 6.54. The summed E-state index contributed by atoms with van der Waals surface area (Å²) in [5.41, 5.74) is 10.0. The maximum Gasteiger partial charge on any atom is 0.0540 e. The number of anilines is 3. The van der Waals surface area contributed by atoms with Crippen molar-refractivity contribution in [1.82, 2.24) is 0 Å². The second-order valence-corrected chi connectivity index (χ2v) is 13.5. The van der Waals surface area contributed by atoms with E-state index in [-0.39, 0.29) is 0 Å². The molecule has 0 N–H and O–H groups in total. The molecule has 49 heavy (non-hydrogen) atoms. The van der Waals surface area contributed by atoms with Gasteiger partial charge in [-0.15, -0.1) is 0 Å². The van der Waals surface area contributed by atoms with Gasteiger partial charge < -0.3 is 4.90 Å². The lowest BCUT2D eigenvalue weighted by molar-refractivity contribution is 0.445. The molecule has 8 aromatic carbocycles. The first-order chi connectivity index (χ1) is 24.3. The fraction of sp³-hybridized carbons (Fsp3) is 0.125. The molecule has 0 bridgehead atoms. The third-order valence-electron chi connectivity index (χ3n) is 10.6. The van der Waals surface area contributed by atoms with E-state index in [1.807, 2.05) is 0 Å². The van der Waals surface area contributed by atoms with Crippen molar-refractivity contribution in [3.05, 3.63) is 175 Å². The number of fused-ring (bicyclic) bond motifs is 3. The molecule has 0 radical (unpaired) electrons. The Hall–Kier alpha value is -5.66. The lowest BCUT2D eigenvalue weighted by Crippen LogP contribution is -2.13. The Morgan fingerprint density at radius 3 is 1.55 bits per heavy atom. The molecule has 1 saturated carbocycles. The predicted molar refractivity (Wildman–Crippen MR) is 210 cm³/mol. The van der Waals surface area contributed by atoms with Crippen LogP contribution in [0.3, 0.4) is 0 Å². The molecule has 9 rings (SSSR count). The van der Waals surface area contributed by atoms with Gasteiger partial charge in [-0.3, -0.25) is 0 Å². The molecule has 8 aromatic rings. The van der Waals surface area contributed by atoms with Crippen LogP contribution in [0, 0.1) is 0 Å². The van der Waals surface area contributed by atoms with Gasteiger partial charge in [0.05, 0.1) is 17.1 Å². The van der Waals surface area contributed by atoms with Crippen LogP contribution in [-0.2, 0) is 0 Å². The summed E-state index contributed by atoms with van der Waals surface area (Å²) < 4.78 is 0. The minimum atomic E-state index is 0.604. The van der Waals surface area contributed by atoms with Crippen LogP contribution in [-0.4, -0.2) is 0 Å². The van der Waals surface area contributed by atoms with Gasteiger partial charge in [-0.2, -0.15) is 0 Å². The van der Waals surface area contributed by atoms with Crippen LogP contribution in [0.2, 0.25) is 0 Å². The number of rotatable bonds is 6. The summed E-state index contributed by atoms with van der Waals surface area (Å²) in [7, 11) is 0. The molecule has 1 aliphatic carbocycles. The minimum absolute atomic E-state index is 0.604. The maximum absolute atomic E-state index is 2.52. The van der Waals surface area contributed by atoms with E-state index in [1.165, 1.54) is 104 Å². The molecule has 0 spiro atoms. The zero-order chi connectivity index (χ0) is 32.6. The molecule has 1 aliphatic rings. The quantitative estimate of drug-likeness (QED) is 0.177. The highest BCUT2D eigenvalue weighted by atomic mass is 15.1. The molecular formula is C48H39N. The van der Waals surface area contributed by atoms with Crippen molar-refractivity contribution in [2.24, 2.45) is 0 Å². The second kappa shape index (κ2) is 12.7. The van der Waals surface area contributed by atoms with Crippen molar-refractivity contribution < 1.29 is 0 Å². The van der Waals surface area contributed by atoms with Gasteiger partial charge in [0.1, 0.15) is 0 Å². The number of benzene rings is 8. The molecule has 1 heteroatoms. The molecule has 236 valence electrons. The van der Waals surface area contributed by atoms with E-state index in [2.05, 4.69) is 175 Å². The standard InChI is InChI=1S/C48H39N/c1-2-16-36(17-3-1)40-28-13-22-37-23-14-30-44(48(37)40)43-27-9-11-32-47(43)49(45-33-15-21-35-19-5-7-25-39(35)45)46-31-10-8-26-42(46)41-29-12-20-34-18-4-6-24-38(34)41/h4-15,18-33,36H,1-3,16-17H2. The van der Waals surface area contributed by atoms with E-state index in [0.717, 1.165) is 5.69 Å². The van der Waals surface area contributed by atoms with E-state index in [4.69, 9.17) is 0 Å². The fourth-order valence-electron chi connectivity index (χ4n) is 8.39. The third-order valence-corrected chi connectivity index (χ3v) is 10.6. The average molecular weight is 630 g/mol. The summed E-state index contributed by atoms with van der Waals surface area (Å²) in [6.45, 7) is 0. The van der Waals surface area contributed by atoms with Crippen LogP contribution in [0.4, 0.5) is 17.1 Å². The highest BCUT2D eigenvalue weighted by Gasteiger charge is 2.25.